The van der Waals surface area contributed by atoms with E-state index in [0.717, 1.165) is 30.5 Å². The van der Waals surface area contributed by atoms with E-state index in [-0.39, 0.29) is 6.42 Å². The van der Waals surface area contributed by atoms with Crippen molar-refractivity contribution in [2.24, 2.45) is 10.9 Å². The van der Waals surface area contributed by atoms with Gasteiger partial charge in [0.05, 0.1) is 5.70 Å². The van der Waals surface area contributed by atoms with Gasteiger partial charge in [0.1, 0.15) is 0 Å². The summed E-state index contributed by atoms with van der Waals surface area (Å²) in [4.78, 5) is 4.32. The summed E-state index contributed by atoms with van der Waals surface area (Å²) in [6.45, 7) is 4.02. The van der Waals surface area contributed by atoms with E-state index in [9.17, 15) is 13.2 Å². The van der Waals surface area contributed by atoms with Gasteiger partial charge in [-0.15, -0.1) is 0 Å². The molecular formula is C14H18F3N. The Balaban J connectivity index is 2.33. The maximum atomic E-state index is 12.7. The van der Waals surface area contributed by atoms with Gasteiger partial charge in [0.2, 0.25) is 0 Å². The first-order chi connectivity index (χ1) is 8.41. The van der Waals surface area contributed by atoms with Crippen LogP contribution in [0.4, 0.5) is 13.2 Å². The quantitative estimate of drug-likeness (QED) is 0.673. The molecule has 2 aliphatic rings. The minimum atomic E-state index is -4.21. The molecule has 0 saturated heterocycles. The van der Waals surface area contributed by atoms with Crippen molar-refractivity contribution in [1.82, 2.24) is 0 Å². The van der Waals surface area contributed by atoms with Gasteiger partial charge in [-0.3, -0.25) is 4.99 Å². The number of hydrogen-bond acceptors (Lipinski definition) is 1. The Morgan fingerprint density at radius 3 is 2.67 bits per heavy atom. The zero-order chi connectivity index (χ0) is 13.3. The second-order valence-corrected chi connectivity index (χ2v) is 5.11. The van der Waals surface area contributed by atoms with E-state index >= 15 is 0 Å². The van der Waals surface area contributed by atoms with E-state index < -0.39 is 11.7 Å². The van der Waals surface area contributed by atoms with Crippen molar-refractivity contribution in [3.8, 4) is 0 Å². The molecule has 0 radical (unpaired) electrons. The Hall–Kier alpha value is -1.06. The Kier molecular flexibility index (Phi) is 3.64. The molecule has 0 saturated carbocycles. The van der Waals surface area contributed by atoms with Gasteiger partial charge in [-0.2, -0.15) is 13.2 Å². The molecular weight excluding hydrogens is 239 g/mol. The number of allylic oxidation sites excluding steroid dienone is 3. The molecule has 1 atom stereocenters. The van der Waals surface area contributed by atoms with Gasteiger partial charge in [-0.25, -0.2) is 0 Å². The zero-order valence-corrected chi connectivity index (χ0v) is 10.8. The topological polar surface area (TPSA) is 12.4 Å². The number of nitrogens with zero attached hydrogens (tertiary/aromatic N) is 1. The summed E-state index contributed by atoms with van der Waals surface area (Å²) in [6.07, 6.45) is 0.677. The van der Waals surface area contributed by atoms with Crippen LogP contribution in [0.15, 0.2) is 27.9 Å². The predicted octanol–water partition coefficient (Wildman–Crippen LogP) is 4.80. The SMILES string of the molecule is CCC[C@@H]1CC(C)=NC2=C1CCC(C(F)(F)F)=C2. The van der Waals surface area contributed by atoms with Crippen LogP contribution in [0, 0.1) is 5.92 Å². The second kappa shape index (κ2) is 4.90. The molecule has 0 aromatic carbocycles. The third kappa shape index (κ3) is 2.68. The van der Waals surface area contributed by atoms with Gasteiger partial charge < -0.3 is 0 Å². The highest BCUT2D eigenvalue weighted by molar-refractivity contribution is 5.85. The summed E-state index contributed by atoms with van der Waals surface area (Å²) < 4.78 is 38.1. The van der Waals surface area contributed by atoms with E-state index in [1.165, 1.54) is 6.08 Å². The lowest BCUT2D eigenvalue weighted by Gasteiger charge is -2.29. The number of halogens is 3. The molecule has 1 nitrogen and oxygen atoms in total. The van der Waals surface area contributed by atoms with Crippen LogP contribution in [0.1, 0.15) is 46.0 Å². The lowest BCUT2D eigenvalue weighted by atomic mass is 9.80. The van der Waals surface area contributed by atoms with Gasteiger partial charge in [0.15, 0.2) is 0 Å². The van der Waals surface area contributed by atoms with Crippen molar-refractivity contribution >= 4 is 5.71 Å². The molecule has 0 aromatic heterocycles. The summed E-state index contributed by atoms with van der Waals surface area (Å²) in [5, 5.41) is 0. The van der Waals surface area contributed by atoms with Crippen LogP contribution in [0.25, 0.3) is 0 Å². The third-order valence-electron chi connectivity index (χ3n) is 3.65. The molecule has 100 valence electrons. The molecule has 1 aliphatic carbocycles. The molecule has 0 spiro atoms. The lowest BCUT2D eigenvalue weighted by Crippen LogP contribution is -2.21. The highest BCUT2D eigenvalue weighted by atomic mass is 19.4. The fourth-order valence-corrected chi connectivity index (χ4v) is 2.82. The summed E-state index contributed by atoms with van der Waals surface area (Å²) in [7, 11) is 0. The van der Waals surface area contributed by atoms with Crippen LogP contribution in [-0.4, -0.2) is 11.9 Å². The Morgan fingerprint density at radius 2 is 2.06 bits per heavy atom. The van der Waals surface area contributed by atoms with Crippen molar-refractivity contribution < 1.29 is 13.2 Å². The number of alkyl halides is 3. The van der Waals surface area contributed by atoms with Crippen molar-refractivity contribution in [2.75, 3.05) is 0 Å². The molecule has 2 rings (SSSR count). The molecule has 0 bridgehead atoms. The molecule has 18 heavy (non-hydrogen) atoms. The van der Waals surface area contributed by atoms with E-state index in [2.05, 4.69) is 11.9 Å². The maximum Gasteiger partial charge on any atom is 0.412 e. The highest BCUT2D eigenvalue weighted by Crippen LogP contribution is 2.41. The molecule has 4 heteroatoms. The van der Waals surface area contributed by atoms with Gasteiger partial charge in [0.25, 0.3) is 0 Å². The summed E-state index contributed by atoms with van der Waals surface area (Å²) in [5.41, 5.74) is 2.23. The monoisotopic (exact) mass is 257 g/mol. The zero-order valence-electron chi connectivity index (χ0n) is 10.8. The number of rotatable bonds is 2. The van der Waals surface area contributed by atoms with Crippen molar-refractivity contribution in [2.45, 2.75) is 52.1 Å². The van der Waals surface area contributed by atoms with Gasteiger partial charge in [0, 0.05) is 11.3 Å². The molecule has 0 fully saturated rings. The van der Waals surface area contributed by atoms with E-state index in [0.29, 0.717) is 18.0 Å². The predicted molar refractivity (Wildman–Crippen MR) is 66.5 cm³/mol. The summed E-state index contributed by atoms with van der Waals surface area (Å²) >= 11 is 0. The average molecular weight is 257 g/mol. The minimum Gasteiger partial charge on any atom is -0.258 e. The highest BCUT2D eigenvalue weighted by Gasteiger charge is 2.36. The average Bonchev–Trinajstić information content (AvgIpc) is 2.27. The van der Waals surface area contributed by atoms with Crippen molar-refractivity contribution in [1.29, 1.82) is 0 Å². The van der Waals surface area contributed by atoms with Crippen LogP contribution in [-0.2, 0) is 0 Å². The number of aliphatic imine (C=N–C) groups is 1. The minimum absolute atomic E-state index is 0.108. The Bertz CT molecular complexity index is 427. The number of hydrogen-bond donors (Lipinski definition) is 0. The van der Waals surface area contributed by atoms with Crippen LogP contribution in [0.5, 0.6) is 0 Å². The Morgan fingerprint density at radius 1 is 1.33 bits per heavy atom. The normalized spacial score (nSPS) is 24.6. The first kappa shape index (κ1) is 13.4. The Labute approximate surface area is 105 Å². The summed E-state index contributed by atoms with van der Waals surface area (Å²) in [6, 6.07) is 0. The van der Waals surface area contributed by atoms with Crippen molar-refractivity contribution in [3.05, 3.63) is 22.9 Å². The molecule has 0 unspecified atom stereocenters. The van der Waals surface area contributed by atoms with E-state index in [4.69, 9.17) is 0 Å². The van der Waals surface area contributed by atoms with Crippen LogP contribution in [0.3, 0.4) is 0 Å². The van der Waals surface area contributed by atoms with Gasteiger partial charge >= 0.3 is 6.18 Å². The van der Waals surface area contributed by atoms with E-state index in [1.807, 2.05) is 6.92 Å². The van der Waals surface area contributed by atoms with Gasteiger partial charge in [-0.1, -0.05) is 13.3 Å². The largest absolute Gasteiger partial charge is 0.412 e. The first-order valence-electron chi connectivity index (χ1n) is 6.46. The smallest absolute Gasteiger partial charge is 0.258 e. The van der Waals surface area contributed by atoms with Crippen LogP contribution < -0.4 is 0 Å². The first-order valence-corrected chi connectivity index (χ1v) is 6.46. The third-order valence-corrected chi connectivity index (χ3v) is 3.65. The molecule has 0 amide bonds. The maximum absolute atomic E-state index is 12.7. The van der Waals surface area contributed by atoms with E-state index in [1.54, 1.807) is 0 Å². The van der Waals surface area contributed by atoms with Crippen molar-refractivity contribution in [3.63, 3.8) is 0 Å². The molecule has 0 aromatic rings. The lowest BCUT2D eigenvalue weighted by molar-refractivity contribution is -0.0942. The molecule has 0 N–H and O–H groups in total. The fraction of sp³-hybridized carbons (Fsp3) is 0.643. The second-order valence-electron chi connectivity index (χ2n) is 5.11. The summed E-state index contributed by atoms with van der Waals surface area (Å²) in [5.74, 6) is 0.397. The fourth-order valence-electron chi connectivity index (χ4n) is 2.82. The molecule has 1 aliphatic heterocycles. The van der Waals surface area contributed by atoms with Crippen LogP contribution in [0.2, 0.25) is 0 Å². The molecule has 1 heterocycles. The van der Waals surface area contributed by atoms with Gasteiger partial charge in [-0.05, 0) is 50.2 Å². The standard InChI is InChI=1S/C14H18F3N/c1-3-4-10-7-9(2)18-13-8-11(14(15,16)17)5-6-12(10)13/h8,10H,3-7H2,1-2H3/t10-/m1/s1. The van der Waals surface area contributed by atoms with Crippen LogP contribution >= 0.6 is 0 Å².